The van der Waals surface area contributed by atoms with Crippen LogP contribution in [0.2, 0.25) is 0 Å². The SMILES string of the molecule is c1ccc(-n2c3[n+](c4c5ccncc5oc42)Cc2ccccc2-3)cc1. The van der Waals surface area contributed by atoms with Crippen molar-refractivity contribution in [2.75, 3.05) is 0 Å². The van der Waals surface area contributed by atoms with E-state index >= 15 is 0 Å². The monoisotopic (exact) mass is 324 g/mol. The van der Waals surface area contributed by atoms with E-state index in [4.69, 9.17) is 4.42 Å². The van der Waals surface area contributed by atoms with E-state index in [1.165, 1.54) is 17.0 Å². The van der Waals surface area contributed by atoms with Crippen molar-refractivity contribution in [1.29, 1.82) is 0 Å². The van der Waals surface area contributed by atoms with E-state index in [9.17, 15) is 0 Å². The number of fused-ring (bicyclic) bond motifs is 7. The van der Waals surface area contributed by atoms with Crippen LogP contribution < -0.4 is 4.57 Å². The lowest BCUT2D eigenvalue weighted by Crippen LogP contribution is -2.31. The predicted molar refractivity (Wildman–Crippen MR) is 95.6 cm³/mol. The lowest BCUT2D eigenvalue weighted by atomic mass is 10.1. The first-order valence-electron chi connectivity index (χ1n) is 8.36. The van der Waals surface area contributed by atoms with Gasteiger partial charge in [-0.2, -0.15) is 4.57 Å². The minimum atomic E-state index is 0.823. The first kappa shape index (κ1) is 13.0. The highest BCUT2D eigenvalue weighted by atomic mass is 16.3. The Hall–Kier alpha value is -3.40. The molecular weight excluding hydrogens is 310 g/mol. The predicted octanol–water partition coefficient (Wildman–Crippen LogP) is 4.09. The summed E-state index contributed by atoms with van der Waals surface area (Å²) in [7, 11) is 0. The van der Waals surface area contributed by atoms with Crippen LogP contribution in [0.5, 0.6) is 0 Å². The van der Waals surface area contributed by atoms with E-state index in [0.717, 1.165) is 34.4 Å². The zero-order valence-electron chi connectivity index (χ0n) is 13.4. The van der Waals surface area contributed by atoms with Gasteiger partial charge in [0.1, 0.15) is 12.2 Å². The molecule has 4 heteroatoms. The zero-order chi connectivity index (χ0) is 16.4. The number of hydrogen-bond donors (Lipinski definition) is 0. The summed E-state index contributed by atoms with van der Waals surface area (Å²) < 4.78 is 10.8. The Bertz CT molecular complexity index is 1260. The van der Waals surface area contributed by atoms with Crippen LogP contribution in [0.3, 0.4) is 0 Å². The molecule has 4 nitrogen and oxygen atoms in total. The lowest BCUT2D eigenvalue weighted by molar-refractivity contribution is -0.645. The third-order valence-corrected chi connectivity index (χ3v) is 4.99. The van der Waals surface area contributed by atoms with Gasteiger partial charge in [0.2, 0.25) is 5.52 Å². The summed E-state index contributed by atoms with van der Waals surface area (Å²) in [6, 6.07) is 21.0. The summed E-state index contributed by atoms with van der Waals surface area (Å²) in [6.07, 6.45) is 3.62. The molecule has 0 amide bonds. The topological polar surface area (TPSA) is 34.8 Å². The largest absolute Gasteiger partial charge is 0.417 e. The number of furan rings is 1. The number of para-hydroxylation sites is 1. The smallest absolute Gasteiger partial charge is 0.344 e. The molecular formula is C21H14N3O+. The van der Waals surface area contributed by atoms with Crippen molar-refractivity contribution in [2.24, 2.45) is 0 Å². The van der Waals surface area contributed by atoms with Gasteiger partial charge in [-0.3, -0.25) is 4.98 Å². The van der Waals surface area contributed by atoms with Gasteiger partial charge < -0.3 is 4.42 Å². The number of imidazole rings is 1. The Kier molecular flexibility index (Phi) is 2.37. The van der Waals surface area contributed by atoms with Gasteiger partial charge in [0.25, 0.3) is 5.82 Å². The lowest BCUT2D eigenvalue weighted by Gasteiger charge is -2.00. The van der Waals surface area contributed by atoms with Crippen LogP contribution in [0.15, 0.2) is 77.5 Å². The summed E-state index contributed by atoms with van der Waals surface area (Å²) in [6.45, 7) is 0.860. The molecule has 0 fully saturated rings. The standard InChI is InChI=1S/C21H14N3O/c1-2-7-15(8-3-1)24-20-16-9-5-4-6-14(16)13-23(20)19-17-10-11-22-12-18(17)25-21(19)24/h1-12H,13H2/q+1. The van der Waals surface area contributed by atoms with Gasteiger partial charge in [-0.15, -0.1) is 0 Å². The van der Waals surface area contributed by atoms with Gasteiger partial charge in [0, 0.05) is 11.8 Å². The first-order valence-corrected chi connectivity index (χ1v) is 8.36. The molecule has 5 aromatic rings. The fourth-order valence-electron chi connectivity index (χ4n) is 3.94. The minimum Gasteiger partial charge on any atom is -0.417 e. The van der Waals surface area contributed by atoms with Crippen molar-refractivity contribution in [1.82, 2.24) is 9.55 Å². The maximum atomic E-state index is 6.23. The highest BCUT2D eigenvalue weighted by Crippen LogP contribution is 2.37. The van der Waals surface area contributed by atoms with Crippen molar-refractivity contribution in [2.45, 2.75) is 6.54 Å². The van der Waals surface area contributed by atoms with Gasteiger partial charge in [0.15, 0.2) is 5.58 Å². The van der Waals surface area contributed by atoms with E-state index in [1.54, 1.807) is 6.20 Å². The Morgan fingerprint density at radius 2 is 1.80 bits per heavy atom. The van der Waals surface area contributed by atoms with E-state index in [-0.39, 0.29) is 0 Å². The normalized spacial score (nSPS) is 12.6. The van der Waals surface area contributed by atoms with Crippen molar-refractivity contribution >= 4 is 22.2 Å². The number of benzene rings is 2. The number of nitrogens with zero attached hydrogens (tertiary/aromatic N) is 3. The van der Waals surface area contributed by atoms with Crippen LogP contribution in [-0.4, -0.2) is 9.55 Å². The molecule has 0 saturated carbocycles. The van der Waals surface area contributed by atoms with Gasteiger partial charge >= 0.3 is 5.71 Å². The molecule has 25 heavy (non-hydrogen) atoms. The van der Waals surface area contributed by atoms with Crippen LogP contribution >= 0.6 is 0 Å². The molecule has 0 spiro atoms. The highest BCUT2D eigenvalue weighted by Gasteiger charge is 2.38. The van der Waals surface area contributed by atoms with Crippen LogP contribution in [0.25, 0.3) is 39.3 Å². The average molecular weight is 324 g/mol. The molecule has 1 aliphatic rings. The zero-order valence-corrected chi connectivity index (χ0v) is 13.4. The summed E-state index contributed by atoms with van der Waals surface area (Å²) in [5, 5.41) is 1.11. The van der Waals surface area contributed by atoms with Crippen LogP contribution in [0.1, 0.15) is 5.56 Å². The van der Waals surface area contributed by atoms with E-state index in [0.29, 0.717) is 0 Å². The molecule has 6 rings (SSSR count). The highest BCUT2D eigenvalue weighted by molar-refractivity contribution is 6.00. The number of aromatic nitrogens is 3. The number of pyridine rings is 1. The molecule has 118 valence electrons. The fraction of sp³-hybridized carbons (Fsp3) is 0.0476. The molecule has 0 N–H and O–H groups in total. The molecule has 4 heterocycles. The Labute approximate surface area is 143 Å². The quantitative estimate of drug-likeness (QED) is 0.427. The Morgan fingerprint density at radius 3 is 2.72 bits per heavy atom. The number of hydrogen-bond acceptors (Lipinski definition) is 2. The molecule has 1 aliphatic heterocycles. The van der Waals surface area contributed by atoms with Gasteiger partial charge in [-0.1, -0.05) is 36.4 Å². The summed E-state index contributed by atoms with van der Waals surface area (Å²) in [5.74, 6) is 1.18. The molecule has 0 saturated heterocycles. The van der Waals surface area contributed by atoms with Gasteiger partial charge in [-0.25, -0.2) is 4.57 Å². The second-order valence-corrected chi connectivity index (χ2v) is 6.37. The third-order valence-electron chi connectivity index (χ3n) is 4.99. The molecule has 3 aromatic heterocycles. The van der Waals surface area contributed by atoms with Crippen molar-refractivity contribution in [3.8, 4) is 17.1 Å². The maximum Gasteiger partial charge on any atom is 0.344 e. The van der Waals surface area contributed by atoms with E-state index in [2.05, 4.69) is 62.6 Å². The maximum absolute atomic E-state index is 6.23. The average Bonchev–Trinajstić information content (AvgIpc) is 3.29. The van der Waals surface area contributed by atoms with Crippen molar-refractivity contribution < 1.29 is 8.98 Å². The van der Waals surface area contributed by atoms with Gasteiger partial charge in [0.05, 0.1) is 17.1 Å². The second-order valence-electron chi connectivity index (χ2n) is 6.37. The molecule has 0 radical (unpaired) electrons. The Morgan fingerprint density at radius 1 is 0.960 bits per heavy atom. The summed E-state index contributed by atoms with van der Waals surface area (Å²) in [5.41, 5.74) is 6.53. The summed E-state index contributed by atoms with van der Waals surface area (Å²) >= 11 is 0. The van der Waals surface area contributed by atoms with Crippen molar-refractivity contribution in [3.63, 3.8) is 0 Å². The molecule has 0 bridgehead atoms. The molecule has 0 aliphatic carbocycles. The first-order chi connectivity index (χ1) is 12.4. The fourth-order valence-corrected chi connectivity index (χ4v) is 3.94. The third kappa shape index (κ3) is 1.61. The second kappa shape index (κ2) is 4.57. The van der Waals surface area contributed by atoms with Crippen LogP contribution in [0.4, 0.5) is 0 Å². The summed E-state index contributed by atoms with van der Waals surface area (Å²) in [4.78, 5) is 4.21. The van der Waals surface area contributed by atoms with E-state index < -0.39 is 0 Å². The Balaban J connectivity index is 1.83. The van der Waals surface area contributed by atoms with Crippen molar-refractivity contribution in [3.05, 3.63) is 78.6 Å². The molecule has 2 aromatic carbocycles. The van der Waals surface area contributed by atoms with Crippen LogP contribution in [0, 0.1) is 0 Å². The molecule has 0 unspecified atom stereocenters. The van der Waals surface area contributed by atoms with Crippen LogP contribution in [-0.2, 0) is 6.54 Å². The minimum absolute atomic E-state index is 0.823. The van der Waals surface area contributed by atoms with E-state index in [1.807, 2.05) is 18.3 Å². The van der Waals surface area contributed by atoms with Gasteiger partial charge in [-0.05, 0) is 24.3 Å². The number of rotatable bonds is 1. The molecule has 0 atom stereocenters.